The lowest BCUT2D eigenvalue weighted by Gasteiger charge is -2.42. The maximum absolute atomic E-state index is 12.7. The second-order valence-corrected chi connectivity index (χ2v) is 7.59. The van der Waals surface area contributed by atoms with E-state index in [1.165, 1.54) is 11.1 Å². The van der Waals surface area contributed by atoms with E-state index in [1.807, 2.05) is 18.7 Å². The van der Waals surface area contributed by atoms with Crippen molar-refractivity contribution >= 4 is 5.91 Å². The molecule has 4 nitrogen and oxygen atoms in total. The van der Waals surface area contributed by atoms with E-state index in [0.717, 1.165) is 31.3 Å². The molecule has 0 unspecified atom stereocenters. The maximum Gasteiger partial charge on any atom is 0.229 e. The van der Waals surface area contributed by atoms with Gasteiger partial charge in [0.2, 0.25) is 5.91 Å². The summed E-state index contributed by atoms with van der Waals surface area (Å²) in [5, 5.41) is 10.2. The number of hydrogen-bond donors (Lipinski definition) is 1. The van der Waals surface area contributed by atoms with Gasteiger partial charge in [-0.1, -0.05) is 18.6 Å². The van der Waals surface area contributed by atoms with Crippen molar-refractivity contribution in [3.05, 3.63) is 22.8 Å². The first-order chi connectivity index (χ1) is 10.9. The van der Waals surface area contributed by atoms with E-state index in [9.17, 15) is 9.90 Å². The van der Waals surface area contributed by atoms with E-state index >= 15 is 0 Å². The molecule has 1 saturated heterocycles. The smallest absolute Gasteiger partial charge is 0.229 e. The number of carbonyl (C=O) groups excluding carboxylic acids is 1. The normalized spacial score (nSPS) is 33.1. The Morgan fingerprint density at radius 1 is 1.39 bits per heavy atom. The third-order valence-corrected chi connectivity index (χ3v) is 6.09. The van der Waals surface area contributed by atoms with Crippen LogP contribution >= 0.6 is 0 Å². The minimum atomic E-state index is -0.320. The fourth-order valence-corrected chi connectivity index (χ4v) is 4.25. The third-order valence-electron chi connectivity index (χ3n) is 6.09. The molecule has 1 heterocycles. The second kappa shape index (κ2) is 6.40. The number of amides is 1. The molecular formula is C19H29NO3. The maximum atomic E-state index is 12.7. The van der Waals surface area contributed by atoms with Gasteiger partial charge in [-0.15, -0.1) is 0 Å². The van der Waals surface area contributed by atoms with Crippen LogP contribution in [-0.4, -0.2) is 48.3 Å². The zero-order chi connectivity index (χ0) is 16.6. The Morgan fingerprint density at radius 3 is 2.78 bits per heavy atom. The topological polar surface area (TPSA) is 49.8 Å². The van der Waals surface area contributed by atoms with Crippen LogP contribution in [0, 0.1) is 11.3 Å². The molecule has 0 spiro atoms. The average molecular weight is 319 g/mol. The van der Waals surface area contributed by atoms with Crippen molar-refractivity contribution in [1.82, 2.24) is 4.90 Å². The van der Waals surface area contributed by atoms with Crippen LogP contribution < -0.4 is 0 Å². The van der Waals surface area contributed by atoms with Crippen LogP contribution in [0.4, 0.5) is 0 Å². The molecule has 0 aromatic carbocycles. The van der Waals surface area contributed by atoms with Crippen molar-refractivity contribution in [1.29, 1.82) is 0 Å². The van der Waals surface area contributed by atoms with Gasteiger partial charge in [-0.25, -0.2) is 0 Å². The van der Waals surface area contributed by atoms with Crippen molar-refractivity contribution in [3.8, 4) is 0 Å². The van der Waals surface area contributed by atoms with Crippen LogP contribution in [0.5, 0.6) is 0 Å². The number of carbonyl (C=O) groups is 1. The molecule has 0 saturated carbocycles. The standard InChI is InChI=1S/C19H29NO3/c1-13(18(22)20-8-10-23-11-9-20)15-4-6-19(3)7-5-17(21)14(2)16(19)12-15/h12-13,17,21H,4-11H2,1-3H3/t13-,17-,19-/m0/s1. The van der Waals surface area contributed by atoms with Crippen molar-refractivity contribution in [2.45, 2.75) is 52.6 Å². The van der Waals surface area contributed by atoms with Gasteiger partial charge >= 0.3 is 0 Å². The summed E-state index contributed by atoms with van der Waals surface area (Å²) in [6.07, 6.45) is 5.87. The van der Waals surface area contributed by atoms with Gasteiger partial charge in [0, 0.05) is 13.1 Å². The van der Waals surface area contributed by atoms with Crippen molar-refractivity contribution in [3.63, 3.8) is 0 Å². The highest BCUT2D eigenvalue weighted by Crippen LogP contribution is 2.49. The van der Waals surface area contributed by atoms with Crippen LogP contribution in [-0.2, 0) is 9.53 Å². The van der Waals surface area contributed by atoms with Gasteiger partial charge in [0.1, 0.15) is 0 Å². The van der Waals surface area contributed by atoms with Gasteiger partial charge in [0.15, 0.2) is 0 Å². The van der Waals surface area contributed by atoms with E-state index in [2.05, 4.69) is 13.0 Å². The minimum Gasteiger partial charge on any atom is -0.389 e. The number of ether oxygens (including phenoxy) is 1. The molecule has 2 aliphatic carbocycles. The summed E-state index contributed by atoms with van der Waals surface area (Å²) in [6, 6.07) is 0. The second-order valence-electron chi connectivity index (χ2n) is 7.59. The Hall–Kier alpha value is -1.13. The SMILES string of the molecule is CC1=C2C=C([C@H](C)C(=O)N3CCOCC3)CC[C@@]2(C)CC[C@@H]1O. The van der Waals surface area contributed by atoms with Crippen LogP contribution in [0.15, 0.2) is 22.8 Å². The van der Waals surface area contributed by atoms with Crippen molar-refractivity contribution < 1.29 is 14.6 Å². The molecule has 0 aromatic rings. The highest BCUT2D eigenvalue weighted by atomic mass is 16.5. The van der Waals surface area contributed by atoms with Gasteiger partial charge in [-0.05, 0) is 56.1 Å². The summed E-state index contributed by atoms with van der Waals surface area (Å²) in [5.41, 5.74) is 3.78. The van der Waals surface area contributed by atoms with E-state index in [4.69, 9.17) is 4.74 Å². The molecule has 3 aliphatic rings. The van der Waals surface area contributed by atoms with E-state index < -0.39 is 0 Å². The molecule has 4 heteroatoms. The molecule has 3 rings (SSSR count). The van der Waals surface area contributed by atoms with Gasteiger partial charge in [0.25, 0.3) is 0 Å². The number of hydrogen-bond acceptors (Lipinski definition) is 3. The minimum absolute atomic E-state index is 0.0722. The first-order valence-electron chi connectivity index (χ1n) is 8.89. The molecule has 1 N–H and O–H groups in total. The number of fused-ring (bicyclic) bond motifs is 1. The number of aliphatic hydroxyl groups excluding tert-OH is 1. The molecule has 0 aromatic heterocycles. The zero-order valence-electron chi connectivity index (χ0n) is 14.6. The van der Waals surface area contributed by atoms with Gasteiger partial charge in [-0.3, -0.25) is 4.79 Å². The lowest BCUT2D eigenvalue weighted by Crippen LogP contribution is -2.44. The van der Waals surface area contributed by atoms with Gasteiger partial charge in [0.05, 0.1) is 25.2 Å². The Morgan fingerprint density at radius 2 is 2.09 bits per heavy atom. The Bertz CT molecular complexity index is 545. The van der Waals surface area contributed by atoms with Crippen LogP contribution in [0.1, 0.15) is 46.5 Å². The largest absolute Gasteiger partial charge is 0.389 e. The number of rotatable bonds is 2. The molecule has 1 fully saturated rings. The first kappa shape index (κ1) is 16.7. The quantitative estimate of drug-likeness (QED) is 0.851. The Kier molecular flexibility index (Phi) is 4.65. The summed E-state index contributed by atoms with van der Waals surface area (Å²) < 4.78 is 5.34. The van der Waals surface area contributed by atoms with Crippen molar-refractivity contribution in [2.75, 3.05) is 26.3 Å². The summed E-state index contributed by atoms with van der Waals surface area (Å²) >= 11 is 0. The predicted octanol–water partition coefficient (Wildman–Crippen LogP) is 2.68. The van der Waals surface area contributed by atoms with E-state index in [-0.39, 0.29) is 23.3 Å². The van der Waals surface area contributed by atoms with Crippen LogP contribution in [0.3, 0.4) is 0 Å². The van der Waals surface area contributed by atoms with Gasteiger partial charge in [-0.2, -0.15) is 0 Å². The molecule has 128 valence electrons. The lowest BCUT2D eigenvalue weighted by atomic mass is 9.63. The Balaban J connectivity index is 1.83. The molecule has 23 heavy (non-hydrogen) atoms. The zero-order valence-corrected chi connectivity index (χ0v) is 14.6. The molecular weight excluding hydrogens is 290 g/mol. The number of aliphatic hydroxyl groups is 1. The first-order valence-corrected chi connectivity index (χ1v) is 8.89. The Labute approximate surface area is 139 Å². The average Bonchev–Trinajstić information content (AvgIpc) is 2.58. The third kappa shape index (κ3) is 3.11. The van der Waals surface area contributed by atoms with Crippen molar-refractivity contribution in [2.24, 2.45) is 11.3 Å². The number of morpholine rings is 1. The summed E-state index contributed by atoms with van der Waals surface area (Å²) in [6.45, 7) is 9.08. The molecule has 3 atom stereocenters. The fraction of sp³-hybridized carbons (Fsp3) is 0.737. The number of nitrogens with zero attached hydrogens (tertiary/aromatic N) is 1. The van der Waals surface area contributed by atoms with E-state index in [0.29, 0.717) is 26.3 Å². The molecule has 1 amide bonds. The highest BCUT2D eigenvalue weighted by Gasteiger charge is 2.39. The molecule has 0 bridgehead atoms. The fourth-order valence-electron chi connectivity index (χ4n) is 4.25. The summed E-state index contributed by atoms with van der Waals surface area (Å²) in [4.78, 5) is 14.7. The summed E-state index contributed by atoms with van der Waals surface area (Å²) in [7, 11) is 0. The van der Waals surface area contributed by atoms with Crippen LogP contribution in [0.25, 0.3) is 0 Å². The number of allylic oxidation sites excluding steroid dienone is 2. The lowest BCUT2D eigenvalue weighted by molar-refractivity contribution is -0.138. The molecule has 0 radical (unpaired) electrons. The molecule has 1 aliphatic heterocycles. The van der Waals surface area contributed by atoms with Crippen LogP contribution in [0.2, 0.25) is 0 Å². The summed E-state index contributed by atoms with van der Waals surface area (Å²) in [5.74, 6) is 0.148. The van der Waals surface area contributed by atoms with E-state index in [1.54, 1.807) is 0 Å². The highest BCUT2D eigenvalue weighted by molar-refractivity contribution is 5.81. The van der Waals surface area contributed by atoms with Gasteiger partial charge < -0.3 is 14.7 Å². The monoisotopic (exact) mass is 319 g/mol. The predicted molar refractivity (Wildman–Crippen MR) is 89.9 cm³/mol.